The van der Waals surface area contributed by atoms with Crippen LogP contribution in [0, 0.1) is 0 Å². The fraction of sp³-hybridized carbons (Fsp3) is 0.588. The highest BCUT2D eigenvalue weighted by Gasteiger charge is 2.27. The Bertz CT molecular complexity index is 742. The van der Waals surface area contributed by atoms with Crippen molar-refractivity contribution in [3.05, 3.63) is 0 Å². The Hall–Kier alpha value is -3.75. The van der Waals surface area contributed by atoms with Crippen LogP contribution in [0.5, 0.6) is 0 Å². The Morgan fingerprint density at radius 2 is 1.16 bits per heavy atom. The second-order valence-electron chi connectivity index (χ2n) is 6.86. The van der Waals surface area contributed by atoms with E-state index in [1.807, 2.05) is 0 Å². The fourth-order valence-electron chi connectivity index (χ4n) is 2.34. The minimum atomic E-state index is -1.47. The van der Waals surface area contributed by atoms with Crippen LogP contribution in [-0.4, -0.2) is 71.2 Å². The SMILES string of the molecule is NC(=O)CCC(N)C(=O)NCC(=O)NC(CCC(N)=O)C(=O)NC(CCC(N)=O)C(=O)O. The van der Waals surface area contributed by atoms with Gasteiger partial charge in [-0.15, -0.1) is 0 Å². The van der Waals surface area contributed by atoms with E-state index in [-0.39, 0.29) is 38.5 Å². The fourth-order valence-corrected chi connectivity index (χ4v) is 2.34. The Morgan fingerprint density at radius 1 is 0.688 bits per heavy atom. The van der Waals surface area contributed by atoms with Gasteiger partial charge in [0, 0.05) is 19.3 Å². The smallest absolute Gasteiger partial charge is 0.326 e. The number of aliphatic carboxylic acids is 1. The van der Waals surface area contributed by atoms with Crippen LogP contribution in [0.1, 0.15) is 38.5 Å². The van der Waals surface area contributed by atoms with Crippen molar-refractivity contribution in [1.82, 2.24) is 16.0 Å². The predicted molar refractivity (Wildman–Crippen MR) is 108 cm³/mol. The summed E-state index contributed by atoms with van der Waals surface area (Å²) in [6.07, 6.45) is -1.31. The molecule has 0 bridgehead atoms. The molecule has 0 radical (unpaired) electrons. The van der Waals surface area contributed by atoms with Gasteiger partial charge in [-0.25, -0.2) is 4.79 Å². The van der Waals surface area contributed by atoms with Crippen molar-refractivity contribution in [2.45, 2.75) is 56.7 Å². The third kappa shape index (κ3) is 12.7. The molecule has 6 amide bonds. The maximum Gasteiger partial charge on any atom is 0.326 e. The van der Waals surface area contributed by atoms with E-state index in [4.69, 9.17) is 22.9 Å². The van der Waals surface area contributed by atoms with E-state index in [1.54, 1.807) is 0 Å². The van der Waals surface area contributed by atoms with Gasteiger partial charge in [0.2, 0.25) is 35.4 Å². The van der Waals surface area contributed by atoms with E-state index in [1.165, 1.54) is 0 Å². The Labute approximate surface area is 183 Å². The van der Waals surface area contributed by atoms with E-state index in [0.717, 1.165) is 0 Å². The highest BCUT2D eigenvalue weighted by molar-refractivity contribution is 5.93. The minimum absolute atomic E-state index is 0.0334. The van der Waals surface area contributed by atoms with E-state index in [0.29, 0.717) is 0 Å². The first-order chi connectivity index (χ1) is 14.8. The molecular weight excluding hydrogens is 430 g/mol. The maximum absolute atomic E-state index is 12.4. The van der Waals surface area contributed by atoms with Gasteiger partial charge >= 0.3 is 5.97 Å². The molecule has 0 fully saturated rings. The molecule has 0 aliphatic carbocycles. The molecule has 15 nitrogen and oxygen atoms in total. The van der Waals surface area contributed by atoms with Gasteiger partial charge in [0.25, 0.3) is 0 Å². The van der Waals surface area contributed by atoms with Crippen molar-refractivity contribution in [2.24, 2.45) is 22.9 Å². The van der Waals surface area contributed by atoms with Gasteiger partial charge in [0.1, 0.15) is 12.1 Å². The standard InChI is InChI=1S/C17H29N7O8/c18-8(1-4-11(19)25)15(29)22-7-14(28)23-9(2-5-12(20)26)16(30)24-10(17(31)32)3-6-13(21)27/h8-10H,1-7,18H2,(H2,19,25)(H2,20,26)(H2,21,27)(H,22,29)(H,23,28)(H,24,30)(H,31,32). The van der Waals surface area contributed by atoms with Crippen molar-refractivity contribution in [3.63, 3.8) is 0 Å². The molecule has 0 heterocycles. The molecule has 180 valence electrons. The van der Waals surface area contributed by atoms with Crippen molar-refractivity contribution < 1.29 is 38.7 Å². The second kappa shape index (κ2) is 14.3. The number of carboxylic acids is 1. The lowest BCUT2D eigenvalue weighted by atomic mass is 10.1. The first-order valence-corrected chi connectivity index (χ1v) is 9.54. The summed E-state index contributed by atoms with van der Waals surface area (Å²) < 4.78 is 0. The van der Waals surface area contributed by atoms with Crippen LogP contribution in [0.25, 0.3) is 0 Å². The van der Waals surface area contributed by atoms with Crippen LogP contribution >= 0.6 is 0 Å². The zero-order valence-corrected chi connectivity index (χ0v) is 17.3. The molecule has 0 saturated carbocycles. The van der Waals surface area contributed by atoms with Crippen LogP contribution in [-0.2, 0) is 33.6 Å². The molecule has 0 aromatic carbocycles. The minimum Gasteiger partial charge on any atom is -0.480 e. The van der Waals surface area contributed by atoms with E-state index in [2.05, 4.69) is 16.0 Å². The number of carboxylic acid groups (broad SMARTS) is 1. The van der Waals surface area contributed by atoms with Crippen molar-refractivity contribution in [1.29, 1.82) is 0 Å². The number of nitrogens with one attached hydrogen (secondary N) is 3. The molecule has 3 atom stereocenters. The van der Waals surface area contributed by atoms with Crippen LogP contribution in [0.4, 0.5) is 0 Å². The zero-order chi connectivity index (χ0) is 24.8. The van der Waals surface area contributed by atoms with Gasteiger partial charge in [-0.1, -0.05) is 0 Å². The van der Waals surface area contributed by atoms with E-state index >= 15 is 0 Å². The van der Waals surface area contributed by atoms with Gasteiger partial charge < -0.3 is 44.0 Å². The summed E-state index contributed by atoms with van der Waals surface area (Å²) in [7, 11) is 0. The Balaban J connectivity index is 4.96. The number of amides is 6. The number of carbonyl (C=O) groups is 7. The zero-order valence-electron chi connectivity index (χ0n) is 17.3. The first-order valence-electron chi connectivity index (χ1n) is 9.54. The van der Waals surface area contributed by atoms with Gasteiger partial charge in [-0.05, 0) is 19.3 Å². The third-order valence-corrected chi connectivity index (χ3v) is 4.09. The molecule has 0 spiro atoms. The molecular formula is C17H29N7O8. The largest absolute Gasteiger partial charge is 0.480 e. The number of rotatable bonds is 16. The molecule has 0 aromatic heterocycles. The maximum atomic E-state index is 12.4. The topological polar surface area (TPSA) is 280 Å². The predicted octanol–water partition coefficient (Wildman–Crippen LogP) is -4.72. The van der Waals surface area contributed by atoms with Crippen molar-refractivity contribution in [3.8, 4) is 0 Å². The van der Waals surface area contributed by atoms with Crippen LogP contribution in [0.15, 0.2) is 0 Å². The summed E-state index contributed by atoms with van der Waals surface area (Å²) in [4.78, 5) is 80.3. The van der Waals surface area contributed by atoms with Crippen LogP contribution in [0.3, 0.4) is 0 Å². The van der Waals surface area contributed by atoms with Gasteiger partial charge in [-0.2, -0.15) is 0 Å². The highest BCUT2D eigenvalue weighted by atomic mass is 16.4. The quantitative estimate of drug-likeness (QED) is 0.110. The lowest BCUT2D eigenvalue weighted by molar-refractivity contribution is -0.142. The summed E-state index contributed by atoms with van der Waals surface area (Å²) in [5.74, 6) is -6.14. The highest BCUT2D eigenvalue weighted by Crippen LogP contribution is 2.02. The van der Waals surface area contributed by atoms with Crippen molar-refractivity contribution in [2.75, 3.05) is 6.54 Å². The molecule has 0 saturated heterocycles. The average molecular weight is 459 g/mol. The summed E-state index contributed by atoms with van der Waals surface area (Å²) in [5, 5.41) is 15.8. The Morgan fingerprint density at radius 3 is 1.62 bits per heavy atom. The van der Waals surface area contributed by atoms with Gasteiger partial charge in [0.05, 0.1) is 12.6 Å². The second-order valence-corrected chi connectivity index (χ2v) is 6.86. The Kier molecular flexibility index (Phi) is 12.6. The summed E-state index contributed by atoms with van der Waals surface area (Å²) in [6, 6.07) is -3.91. The summed E-state index contributed by atoms with van der Waals surface area (Å²) in [5.41, 5.74) is 20.5. The molecule has 15 heteroatoms. The third-order valence-electron chi connectivity index (χ3n) is 4.09. The van der Waals surface area contributed by atoms with Crippen LogP contribution < -0.4 is 38.9 Å². The number of carbonyl (C=O) groups excluding carboxylic acids is 6. The first kappa shape index (κ1) is 28.2. The van der Waals surface area contributed by atoms with Crippen LogP contribution in [0.2, 0.25) is 0 Å². The molecule has 12 N–H and O–H groups in total. The average Bonchev–Trinajstić information content (AvgIpc) is 2.69. The van der Waals surface area contributed by atoms with Gasteiger partial charge in [-0.3, -0.25) is 28.8 Å². The molecule has 0 aliphatic rings. The number of nitrogens with two attached hydrogens (primary N) is 4. The number of hydrogen-bond donors (Lipinski definition) is 8. The number of hydrogen-bond acceptors (Lipinski definition) is 8. The molecule has 32 heavy (non-hydrogen) atoms. The summed E-state index contributed by atoms with van der Waals surface area (Å²) >= 11 is 0. The van der Waals surface area contributed by atoms with Gasteiger partial charge in [0.15, 0.2) is 0 Å². The lowest BCUT2D eigenvalue weighted by Gasteiger charge is -2.21. The molecule has 0 rings (SSSR count). The lowest BCUT2D eigenvalue weighted by Crippen LogP contribution is -2.54. The van der Waals surface area contributed by atoms with E-state index < -0.39 is 66.1 Å². The van der Waals surface area contributed by atoms with E-state index in [9.17, 15) is 38.7 Å². The normalized spacial score (nSPS) is 13.2. The summed E-state index contributed by atoms with van der Waals surface area (Å²) in [6.45, 7) is -0.590. The molecule has 0 aromatic rings. The molecule has 3 unspecified atom stereocenters. The monoisotopic (exact) mass is 459 g/mol. The molecule has 0 aliphatic heterocycles. The van der Waals surface area contributed by atoms with Crippen molar-refractivity contribution >= 4 is 41.4 Å². The number of primary amides is 3.